The first-order valence-electron chi connectivity index (χ1n) is 6.56. The van der Waals surface area contributed by atoms with Crippen LogP contribution in [0.3, 0.4) is 0 Å². The molecule has 0 aliphatic carbocycles. The lowest BCUT2D eigenvalue weighted by Gasteiger charge is -2.19. The van der Waals surface area contributed by atoms with Crippen LogP contribution in [0.2, 0.25) is 0 Å². The second-order valence-corrected chi connectivity index (χ2v) is 11.0. The molecule has 22 heavy (non-hydrogen) atoms. The van der Waals surface area contributed by atoms with E-state index in [4.69, 9.17) is 4.74 Å². The van der Waals surface area contributed by atoms with Gasteiger partial charge in [0.1, 0.15) is 9.96 Å². The molecule has 8 heteroatoms. The van der Waals surface area contributed by atoms with Crippen molar-refractivity contribution < 1.29 is 13.2 Å². The molecule has 0 bridgehead atoms. The van der Waals surface area contributed by atoms with Crippen LogP contribution in [-0.2, 0) is 16.6 Å². The monoisotopic (exact) mass is 467 g/mol. The number of fused-ring (bicyclic) bond motifs is 1. The topological polar surface area (TPSA) is 46.6 Å². The Morgan fingerprint density at radius 2 is 2.05 bits per heavy atom. The molecule has 0 saturated carbocycles. The van der Waals surface area contributed by atoms with Gasteiger partial charge in [0.2, 0.25) is 0 Å². The van der Waals surface area contributed by atoms with Gasteiger partial charge in [0, 0.05) is 23.7 Å². The van der Waals surface area contributed by atoms with Crippen molar-refractivity contribution in [3.63, 3.8) is 0 Å². The van der Waals surface area contributed by atoms with Crippen molar-refractivity contribution in [1.82, 2.24) is 4.31 Å². The molecule has 4 nitrogen and oxygen atoms in total. The Kier molecular flexibility index (Phi) is 5.03. The Morgan fingerprint density at radius 3 is 2.73 bits per heavy atom. The number of benzene rings is 1. The van der Waals surface area contributed by atoms with Crippen LogP contribution >= 0.6 is 45.7 Å². The molecule has 118 valence electrons. The minimum Gasteiger partial charge on any atom is -0.497 e. The second-order valence-electron chi connectivity index (χ2n) is 4.74. The molecule has 2 aromatic rings. The third-order valence-electron chi connectivity index (χ3n) is 3.33. The number of ether oxygens (including phenoxy) is 1. The van der Waals surface area contributed by atoms with Crippen LogP contribution in [0.25, 0.3) is 0 Å². The first-order valence-corrected chi connectivity index (χ1v) is 10.9. The Balaban J connectivity index is 1.90. The number of rotatable bonds is 3. The van der Waals surface area contributed by atoms with E-state index in [-0.39, 0.29) is 0 Å². The Hall–Kier alpha value is -0.290. The van der Waals surface area contributed by atoms with Gasteiger partial charge in [0.05, 0.1) is 9.99 Å². The summed E-state index contributed by atoms with van der Waals surface area (Å²) in [6.07, 6.45) is 0. The van der Waals surface area contributed by atoms with Gasteiger partial charge in [-0.1, -0.05) is 12.1 Å². The van der Waals surface area contributed by atoms with Crippen molar-refractivity contribution in [2.45, 2.75) is 15.6 Å². The van der Waals surface area contributed by atoms with E-state index >= 15 is 0 Å². The Labute approximate surface area is 152 Å². The van der Waals surface area contributed by atoms with E-state index in [2.05, 4.69) is 22.6 Å². The van der Waals surface area contributed by atoms with Gasteiger partial charge in [-0.25, -0.2) is 8.42 Å². The van der Waals surface area contributed by atoms with E-state index in [9.17, 15) is 8.42 Å². The first-order chi connectivity index (χ1) is 10.5. The predicted molar refractivity (Wildman–Crippen MR) is 98.3 cm³/mol. The second kappa shape index (κ2) is 6.68. The zero-order valence-electron chi connectivity index (χ0n) is 11.8. The number of nitrogens with zero attached hydrogens (tertiary/aromatic N) is 1. The van der Waals surface area contributed by atoms with E-state index in [0.29, 0.717) is 17.3 Å². The van der Waals surface area contributed by atoms with E-state index in [1.165, 1.54) is 11.3 Å². The molecule has 0 spiro atoms. The molecular formula is C14H14INO3S3. The number of hydrogen-bond acceptors (Lipinski definition) is 5. The molecular weight excluding hydrogens is 453 g/mol. The molecule has 1 aromatic heterocycles. The quantitative estimate of drug-likeness (QED) is 0.647. The summed E-state index contributed by atoms with van der Waals surface area (Å²) < 4.78 is 33.9. The van der Waals surface area contributed by atoms with Crippen LogP contribution < -0.4 is 4.74 Å². The SMILES string of the molecule is COc1ccc(CN2CCSc3cc(I)sc3S2(=O)=O)cc1. The number of sulfonamides is 1. The van der Waals surface area contributed by atoms with Crippen molar-refractivity contribution in [1.29, 1.82) is 0 Å². The standard InChI is InChI=1S/C14H14INO3S3/c1-19-11-4-2-10(3-5-11)9-16-6-7-20-12-8-13(15)21-14(12)22(16,17)18/h2-5,8H,6-7,9H2,1H3. The van der Waals surface area contributed by atoms with Crippen molar-refractivity contribution in [3.8, 4) is 5.75 Å². The van der Waals surface area contributed by atoms with Crippen molar-refractivity contribution in [3.05, 3.63) is 38.8 Å². The van der Waals surface area contributed by atoms with Gasteiger partial charge < -0.3 is 4.74 Å². The number of hydrogen-bond donors (Lipinski definition) is 0. The average Bonchev–Trinajstić information content (AvgIpc) is 2.84. The van der Waals surface area contributed by atoms with Gasteiger partial charge in [-0.05, 0) is 46.4 Å². The van der Waals surface area contributed by atoms with E-state index in [0.717, 1.165) is 24.8 Å². The maximum atomic E-state index is 12.9. The summed E-state index contributed by atoms with van der Waals surface area (Å²) >= 11 is 5.14. The molecule has 0 saturated heterocycles. The fraction of sp³-hybridized carbons (Fsp3) is 0.286. The van der Waals surface area contributed by atoms with Crippen LogP contribution in [0.5, 0.6) is 5.75 Å². The molecule has 0 fully saturated rings. The summed E-state index contributed by atoms with van der Waals surface area (Å²) in [6, 6.07) is 9.48. The highest BCUT2D eigenvalue weighted by Crippen LogP contribution is 2.39. The minimum atomic E-state index is -3.42. The summed E-state index contributed by atoms with van der Waals surface area (Å²) in [7, 11) is -1.80. The van der Waals surface area contributed by atoms with Crippen molar-refractivity contribution in [2.75, 3.05) is 19.4 Å². The van der Waals surface area contributed by atoms with Crippen molar-refractivity contribution >= 4 is 55.7 Å². The lowest BCUT2D eigenvalue weighted by molar-refractivity contribution is 0.412. The molecule has 0 atom stereocenters. The Bertz CT molecular complexity index is 771. The van der Waals surface area contributed by atoms with Gasteiger partial charge in [-0.2, -0.15) is 4.31 Å². The largest absolute Gasteiger partial charge is 0.497 e. The molecule has 0 unspecified atom stereocenters. The molecule has 1 aliphatic rings. The molecule has 0 N–H and O–H groups in total. The summed E-state index contributed by atoms with van der Waals surface area (Å²) in [4.78, 5) is 0.881. The predicted octanol–water partition coefficient (Wildman–Crippen LogP) is 3.66. The van der Waals surface area contributed by atoms with Gasteiger partial charge in [-0.15, -0.1) is 23.1 Å². The van der Waals surface area contributed by atoms with E-state index in [1.807, 2.05) is 30.3 Å². The first kappa shape index (κ1) is 16.6. The maximum Gasteiger partial charge on any atom is 0.254 e. The smallest absolute Gasteiger partial charge is 0.254 e. The lowest BCUT2D eigenvalue weighted by Crippen LogP contribution is -2.31. The van der Waals surface area contributed by atoms with Gasteiger partial charge in [0.25, 0.3) is 10.0 Å². The average molecular weight is 467 g/mol. The fourth-order valence-electron chi connectivity index (χ4n) is 2.20. The van der Waals surface area contributed by atoms with Gasteiger partial charge in [0.15, 0.2) is 0 Å². The maximum absolute atomic E-state index is 12.9. The molecule has 1 aromatic carbocycles. The van der Waals surface area contributed by atoms with Crippen LogP contribution in [0.15, 0.2) is 39.4 Å². The normalized spacial score (nSPS) is 17.7. The highest BCUT2D eigenvalue weighted by atomic mass is 127. The Morgan fingerprint density at radius 1 is 1.32 bits per heavy atom. The summed E-state index contributed by atoms with van der Waals surface area (Å²) in [6.45, 7) is 0.914. The van der Waals surface area contributed by atoms with Gasteiger partial charge >= 0.3 is 0 Å². The highest BCUT2D eigenvalue weighted by Gasteiger charge is 2.32. The third kappa shape index (κ3) is 3.30. The molecule has 1 aliphatic heterocycles. The number of thioether (sulfide) groups is 1. The molecule has 0 radical (unpaired) electrons. The third-order valence-corrected chi connectivity index (χ3v) is 8.86. The summed E-state index contributed by atoms with van der Waals surface area (Å²) in [5.41, 5.74) is 0.962. The van der Waals surface area contributed by atoms with Crippen LogP contribution in [-0.4, -0.2) is 32.1 Å². The summed E-state index contributed by atoms with van der Waals surface area (Å²) in [5, 5.41) is 0. The van der Waals surface area contributed by atoms with Gasteiger partial charge in [-0.3, -0.25) is 0 Å². The van der Waals surface area contributed by atoms with Crippen LogP contribution in [0, 0.1) is 2.88 Å². The zero-order valence-corrected chi connectivity index (χ0v) is 16.4. The number of halogens is 1. The van der Waals surface area contributed by atoms with Crippen LogP contribution in [0.4, 0.5) is 0 Å². The van der Waals surface area contributed by atoms with E-state index < -0.39 is 10.0 Å². The van der Waals surface area contributed by atoms with Crippen molar-refractivity contribution in [2.24, 2.45) is 0 Å². The summed E-state index contributed by atoms with van der Waals surface area (Å²) in [5.74, 6) is 1.54. The molecule has 0 amide bonds. The van der Waals surface area contributed by atoms with Crippen LogP contribution in [0.1, 0.15) is 5.56 Å². The fourth-order valence-corrected chi connectivity index (χ4v) is 8.39. The minimum absolute atomic E-state index is 0.390. The lowest BCUT2D eigenvalue weighted by atomic mass is 10.2. The molecule has 2 heterocycles. The molecule has 3 rings (SSSR count). The number of methoxy groups -OCH3 is 1. The highest BCUT2D eigenvalue weighted by molar-refractivity contribution is 14.1. The van der Waals surface area contributed by atoms with E-state index in [1.54, 1.807) is 23.2 Å². The zero-order chi connectivity index (χ0) is 15.7. The number of thiophene rings is 1.